The van der Waals surface area contributed by atoms with Crippen molar-refractivity contribution in [3.8, 4) is 22.6 Å². The molecule has 0 aromatic heterocycles. The van der Waals surface area contributed by atoms with Crippen molar-refractivity contribution in [2.24, 2.45) is 0 Å². The van der Waals surface area contributed by atoms with Crippen LogP contribution < -0.4 is 4.74 Å². The second-order valence-corrected chi connectivity index (χ2v) is 9.34. The fourth-order valence-electron chi connectivity index (χ4n) is 3.70. The van der Waals surface area contributed by atoms with Crippen molar-refractivity contribution in [1.29, 1.82) is 0 Å². The molecular formula is C25H23NO2S3. The topological polar surface area (TPSA) is 32.7 Å². The Kier molecular flexibility index (Phi) is 6.32. The zero-order valence-corrected chi connectivity index (χ0v) is 20.3. The number of benzene rings is 4. The van der Waals surface area contributed by atoms with Crippen LogP contribution in [0, 0.1) is 0 Å². The first kappa shape index (κ1) is 21.8. The Morgan fingerprint density at radius 2 is 1.35 bits per heavy atom. The standard InChI is InChI=1S/C25H23NO2S3/c1-26(2)25(29)28-24-20(31-4)14-16-10-6-8-12-18(16)22(24)21-17-11-7-5-9-15(17)13-19(30-3)23(21)27/h5-14,27H,1-4H3. The molecule has 0 spiro atoms. The molecule has 6 heteroatoms. The van der Waals surface area contributed by atoms with Crippen molar-refractivity contribution in [1.82, 2.24) is 4.90 Å². The van der Waals surface area contributed by atoms with Crippen molar-refractivity contribution in [3.05, 3.63) is 60.7 Å². The first-order valence-corrected chi connectivity index (χ1v) is 12.6. The number of phenolic OH excluding ortho intramolecular Hbond substituents is 1. The lowest BCUT2D eigenvalue weighted by Crippen LogP contribution is -2.25. The lowest BCUT2D eigenvalue weighted by Gasteiger charge is -2.22. The molecule has 1 N–H and O–H groups in total. The molecule has 0 saturated heterocycles. The minimum absolute atomic E-state index is 0.259. The summed E-state index contributed by atoms with van der Waals surface area (Å²) < 4.78 is 6.29. The van der Waals surface area contributed by atoms with Crippen LogP contribution in [0.4, 0.5) is 0 Å². The van der Waals surface area contributed by atoms with Crippen LogP contribution in [0.25, 0.3) is 32.7 Å². The maximum Gasteiger partial charge on any atom is 0.264 e. The highest BCUT2D eigenvalue weighted by molar-refractivity contribution is 7.99. The summed E-state index contributed by atoms with van der Waals surface area (Å²) in [7, 11) is 3.73. The average molecular weight is 466 g/mol. The van der Waals surface area contributed by atoms with Crippen molar-refractivity contribution < 1.29 is 9.84 Å². The van der Waals surface area contributed by atoms with Gasteiger partial charge in [-0.25, -0.2) is 0 Å². The number of thioether (sulfide) groups is 2. The molecule has 4 rings (SSSR count). The number of nitrogens with zero attached hydrogens (tertiary/aromatic N) is 1. The van der Waals surface area contributed by atoms with Gasteiger partial charge < -0.3 is 14.7 Å². The quantitative estimate of drug-likeness (QED) is 0.257. The first-order chi connectivity index (χ1) is 15.0. The summed E-state index contributed by atoms with van der Waals surface area (Å²) in [6, 6.07) is 20.5. The molecule has 0 unspecified atom stereocenters. The number of phenols is 1. The summed E-state index contributed by atoms with van der Waals surface area (Å²) in [5, 5.41) is 15.9. The maximum absolute atomic E-state index is 11.4. The lowest BCUT2D eigenvalue weighted by molar-refractivity contribution is 0.442. The van der Waals surface area contributed by atoms with E-state index in [1.54, 1.807) is 16.7 Å². The molecule has 0 fully saturated rings. The Labute approximate surface area is 196 Å². The molecule has 0 bridgehead atoms. The van der Waals surface area contributed by atoms with Gasteiger partial charge in [0.05, 0.1) is 9.79 Å². The van der Waals surface area contributed by atoms with Gasteiger partial charge in [0.2, 0.25) is 0 Å². The van der Waals surface area contributed by atoms with Crippen LogP contribution in [0.15, 0.2) is 70.5 Å². The number of thiocarbonyl (C=S) groups is 1. The molecule has 0 aliphatic heterocycles. The zero-order chi connectivity index (χ0) is 22.1. The summed E-state index contributed by atoms with van der Waals surface area (Å²) in [5.74, 6) is 0.929. The SMILES string of the molecule is CSc1cc2ccccc2c(-c2c(OC(=S)N(C)C)c(SC)cc3ccccc23)c1O. The Bertz CT molecular complexity index is 1300. The van der Waals surface area contributed by atoms with E-state index >= 15 is 0 Å². The summed E-state index contributed by atoms with van der Waals surface area (Å²) in [6.07, 6.45) is 4.00. The van der Waals surface area contributed by atoms with Crippen molar-refractivity contribution in [2.75, 3.05) is 26.6 Å². The Morgan fingerprint density at radius 1 is 0.839 bits per heavy atom. The van der Waals surface area contributed by atoms with Gasteiger partial charge in [0.1, 0.15) is 5.75 Å². The van der Waals surface area contributed by atoms with Gasteiger partial charge in [-0.3, -0.25) is 0 Å². The number of ether oxygens (including phenoxy) is 1. The van der Waals surface area contributed by atoms with E-state index in [2.05, 4.69) is 24.3 Å². The van der Waals surface area contributed by atoms with Crippen LogP contribution in [-0.2, 0) is 0 Å². The predicted molar refractivity (Wildman–Crippen MR) is 139 cm³/mol. The van der Waals surface area contributed by atoms with E-state index in [1.165, 1.54) is 11.8 Å². The van der Waals surface area contributed by atoms with Crippen LogP contribution in [0.2, 0.25) is 0 Å². The third-order valence-electron chi connectivity index (χ3n) is 5.20. The molecule has 158 valence electrons. The maximum atomic E-state index is 11.4. The normalized spacial score (nSPS) is 11.1. The average Bonchev–Trinajstić information content (AvgIpc) is 2.78. The van der Waals surface area contributed by atoms with E-state index in [0.29, 0.717) is 10.9 Å². The van der Waals surface area contributed by atoms with E-state index < -0.39 is 0 Å². The predicted octanol–water partition coefficient (Wildman–Crippen LogP) is 7.03. The van der Waals surface area contributed by atoms with Gasteiger partial charge in [-0.05, 0) is 58.4 Å². The fraction of sp³-hybridized carbons (Fsp3) is 0.160. The molecule has 0 radical (unpaired) electrons. The molecule has 0 amide bonds. The minimum atomic E-state index is 0.259. The van der Waals surface area contributed by atoms with E-state index in [9.17, 15) is 5.11 Å². The van der Waals surface area contributed by atoms with Crippen LogP contribution in [0.1, 0.15) is 0 Å². The highest BCUT2D eigenvalue weighted by atomic mass is 32.2. The zero-order valence-electron chi connectivity index (χ0n) is 17.8. The Hall–Kier alpha value is -2.41. The second-order valence-electron chi connectivity index (χ2n) is 7.29. The fourth-order valence-corrected chi connectivity index (χ4v) is 4.90. The number of aromatic hydroxyl groups is 1. The van der Waals surface area contributed by atoms with Crippen molar-refractivity contribution >= 4 is 62.5 Å². The molecule has 0 saturated carbocycles. The Balaban J connectivity index is 2.20. The van der Waals surface area contributed by atoms with Crippen LogP contribution in [0.3, 0.4) is 0 Å². The van der Waals surface area contributed by atoms with Gasteiger partial charge >= 0.3 is 0 Å². The van der Waals surface area contributed by atoms with E-state index in [0.717, 1.165) is 42.5 Å². The lowest BCUT2D eigenvalue weighted by atomic mass is 9.92. The molecule has 4 aromatic carbocycles. The summed E-state index contributed by atoms with van der Waals surface area (Å²) in [6.45, 7) is 0. The van der Waals surface area contributed by atoms with Crippen LogP contribution in [-0.4, -0.2) is 41.8 Å². The van der Waals surface area contributed by atoms with Crippen molar-refractivity contribution in [3.63, 3.8) is 0 Å². The number of hydrogen-bond acceptors (Lipinski definition) is 5. The minimum Gasteiger partial charge on any atom is -0.506 e. The molecule has 3 nitrogen and oxygen atoms in total. The molecule has 4 aromatic rings. The molecule has 0 atom stereocenters. The summed E-state index contributed by atoms with van der Waals surface area (Å²) in [4.78, 5) is 3.57. The van der Waals surface area contributed by atoms with Gasteiger partial charge in [-0.2, -0.15) is 0 Å². The third-order valence-corrected chi connectivity index (χ3v) is 7.14. The van der Waals surface area contributed by atoms with Crippen LogP contribution in [0.5, 0.6) is 11.5 Å². The number of fused-ring (bicyclic) bond motifs is 2. The van der Waals surface area contributed by atoms with E-state index in [1.807, 2.05) is 63.0 Å². The Morgan fingerprint density at radius 3 is 1.90 bits per heavy atom. The molecule has 0 aliphatic carbocycles. The van der Waals surface area contributed by atoms with Crippen molar-refractivity contribution in [2.45, 2.75) is 9.79 Å². The summed E-state index contributed by atoms with van der Waals surface area (Å²) >= 11 is 8.64. The highest BCUT2D eigenvalue weighted by Crippen LogP contribution is 2.51. The van der Waals surface area contributed by atoms with Gasteiger partial charge in [0.15, 0.2) is 5.75 Å². The highest BCUT2D eigenvalue weighted by Gasteiger charge is 2.24. The third kappa shape index (κ3) is 3.95. The smallest absolute Gasteiger partial charge is 0.264 e. The van der Waals surface area contributed by atoms with Crippen LogP contribution >= 0.6 is 35.7 Å². The van der Waals surface area contributed by atoms with Gasteiger partial charge in [0.25, 0.3) is 5.17 Å². The molecule has 0 aliphatic rings. The summed E-state index contributed by atoms with van der Waals surface area (Å²) in [5.41, 5.74) is 1.63. The van der Waals surface area contributed by atoms with Gasteiger partial charge in [-0.15, -0.1) is 23.5 Å². The molecule has 0 heterocycles. The second kappa shape index (κ2) is 8.99. The largest absolute Gasteiger partial charge is 0.506 e. The first-order valence-electron chi connectivity index (χ1n) is 9.74. The van der Waals surface area contributed by atoms with Gasteiger partial charge in [0, 0.05) is 25.2 Å². The van der Waals surface area contributed by atoms with E-state index in [4.69, 9.17) is 17.0 Å². The number of hydrogen-bond donors (Lipinski definition) is 1. The number of rotatable bonds is 4. The van der Waals surface area contributed by atoms with Gasteiger partial charge in [-0.1, -0.05) is 48.5 Å². The molecule has 31 heavy (non-hydrogen) atoms. The molecular weight excluding hydrogens is 442 g/mol. The van der Waals surface area contributed by atoms with E-state index in [-0.39, 0.29) is 5.75 Å². The monoisotopic (exact) mass is 465 g/mol.